The molecule has 4 nitrogen and oxygen atoms in total. The van der Waals surface area contributed by atoms with Crippen LogP contribution in [0.25, 0.3) is 0 Å². The van der Waals surface area contributed by atoms with Crippen molar-refractivity contribution >= 4 is 23.2 Å². The lowest BCUT2D eigenvalue weighted by Gasteiger charge is -2.23. The van der Waals surface area contributed by atoms with Gasteiger partial charge in [-0.2, -0.15) is 0 Å². The molecule has 29 heavy (non-hydrogen) atoms. The van der Waals surface area contributed by atoms with Crippen LogP contribution in [0.15, 0.2) is 84.9 Å². The quantitative estimate of drug-likeness (QED) is 0.663. The van der Waals surface area contributed by atoms with E-state index in [-0.39, 0.29) is 23.7 Å². The number of amides is 2. The summed E-state index contributed by atoms with van der Waals surface area (Å²) in [5.74, 6) is -0.625. The molecule has 0 aliphatic heterocycles. The number of carbonyl (C=O) groups is 2. The Morgan fingerprint density at radius 1 is 0.897 bits per heavy atom. The summed E-state index contributed by atoms with van der Waals surface area (Å²) in [4.78, 5) is 27.7. The SMILES string of the molecule is Cc1cccc(NC(=O)C2CC2C(=O)N(Cc2ccccc2)c2ccccc2)c1. The molecule has 2 atom stereocenters. The van der Waals surface area contributed by atoms with E-state index in [0.29, 0.717) is 13.0 Å². The largest absolute Gasteiger partial charge is 0.326 e. The standard InChI is InChI=1S/C25H24N2O2/c1-18-9-8-12-20(15-18)26-24(28)22-16-23(22)25(29)27(21-13-6-3-7-14-21)17-19-10-4-2-5-11-19/h2-15,22-23H,16-17H2,1H3,(H,26,28). The predicted octanol–water partition coefficient (Wildman–Crippen LogP) is 4.80. The fraction of sp³-hybridized carbons (Fsp3) is 0.200. The zero-order chi connectivity index (χ0) is 20.2. The van der Waals surface area contributed by atoms with Crippen LogP contribution in [0, 0.1) is 18.8 Å². The van der Waals surface area contributed by atoms with Gasteiger partial charge in [0.05, 0.1) is 18.4 Å². The van der Waals surface area contributed by atoms with Crippen LogP contribution in [0.1, 0.15) is 17.5 Å². The summed E-state index contributed by atoms with van der Waals surface area (Å²) < 4.78 is 0. The van der Waals surface area contributed by atoms with Crippen molar-refractivity contribution < 1.29 is 9.59 Å². The van der Waals surface area contributed by atoms with E-state index in [1.807, 2.05) is 91.9 Å². The Bertz CT molecular complexity index is 1000. The van der Waals surface area contributed by atoms with Crippen LogP contribution in [-0.4, -0.2) is 11.8 Å². The van der Waals surface area contributed by atoms with E-state index in [1.165, 1.54) is 0 Å². The minimum Gasteiger partial charge on any atom is -0.326 e. The third kappa shape index (κ3) is 4.54. The number of anilines is 2. The first-order valence-corrected chi connectivity index (χ1v) is 9.90. The minimum atomic E-state index is -0.274. The van der Waals surface area contributed by atoms with Gasteiger partial charge in [0, 0.05) is 11.4 Å². The van der Waals surface area contributed by atoms with Crippen LogP contribution in [0.3, 0.4) is 0 Å². The zero-order valence-corrected chi connectivity index (χ0v) is 16.4. The number of nitrogens with one attached hydrogen (secondary N) is 1. The van der Waals surface area contributed by atoms with E-state index in [1.54, 1.807) is 4.90 Å². The summed E-state index contributed by atoms with van der Waals surface area (Å²) in [5.41, 5.74) is 3.78. The Hall–Kier alpha value is -3.40. The molecule has 1 fully saturated rings. The molecule has 3 aromatic carbocycles. The van der Waals surface area contributed by atoms with Crippen molar-refractivity contribution in [2.45, 2.75) is 19.9 Å². The van der Waals surface area contributed by atoms with Crippen LogP contribution < -0.4 is 10.2 Å². The molecule has 146 valence electrons. The van der Waals surface area contributed by atoms with Gasteiger partial charge in [0.1, 0.15) is 0 Å². The van der Waals surface area contributed by atoms with Crippen molar-refractivity contribution in [3.63, 3.8) is 0 Å². The first kappa shape index (κ1) is 18.9. The molecule has 4 heteroatoms. The van der Waals surface area contributed by atoms with Gasteiger partial charge in [0.25, 0.3) is 0 Å². The van der Waals surface area contributed by atoms with Crippen LogP contribution >= 0.6 is 0 Å². The molecule has 0 saturated heterocycles. The van der Waals surface area contributed by atoms with Gasteiger partial charge in [0.15, 0.2) is 0 Å². The summed E-state index contributed by atoms with van der Waals surface area (Å²) in [5, 5.41) is 2.95. The zero-order valence-electron chi connectivity index (χ0n) is 16.4. The van der Waals surface area contributed by atoms with Gasteiger partial charge in [-0.3, -0.25) is 9.59 Å². The van der Waals surface area contributed by atoms with Crippen molar-refractivity contribution in [3.05, 3.63) is 96.1 Å². The molecule has 3 aromatic rings. The summed E-state index contributed by atoms with van der Waals surface area (Å²) in [6.45, 7) is 2.48. The topological polar surface area (TPSA) is 49.4 Å². The molecule has 4 rings (SSSR count). The van der Waals surface area contributed by atoms with E-state index < -0.39 is 0 Å². The molecule has 0 spiro atoms. The van der Waals surface area contributed by atoms with E-state index in [2.05, 4.69) is 5.32 Å². The number of para-hydroxylation sites is 1. The monoisotopic (exact) mass is 384 g/mol. The fourth-order valence-electron chi connectivity index (χ4n) is 3.59. The summed E-state index contributed by atoms with van der Waals surface area (Å²) in [6, 6.07) is 27.3. The second-order valence-electron chi connectivity index (χ2n) is 7.55. The van der Waals surface area contributed by atoms with Gasteiger partial charge in [0.2, 0.25) is 11.8 Å². The lowest BCUT2D eigenvalue weighted by molar-refractivity contribution is -0.123. The van der Waals surface area contributed by atoms with Crippen molar-refractivity contribution in [1.82, 2.24) is 0 Å². The molecule has 0 aromatic heterocycles. The van der Waals surface area contributed by atoms with Crippen molar-refractivity contribution in [1.29, 1.82) is 0 Å². The van der Waals surface area contributed by atoms with Gasteiger partial charge < -0.3 is 10.2 Å². The Kier molecular flexibility index (Phi) is 5.43. The van der Waals surface area contributed by atoms with Gasteiger partial charge in [-0.25, -0.2) is 0 Å². The number of hydrogen-bond acceptors (Lipinski definition) is 2. The number of hydrogen-bond donors (Lipinski definition) is 1. The highest BCUT2D eigenvalue weighted by Gasteiger charge is 2.49. The molecule has 0 radical (unpaired) electrons. The summed E-state index contributed by atoms with van der Waals surface area (Å²) in [6.07, 6.45) is 0.592. The highest BCUT2D eigenvalue weighted by atomic mass is 16.2. The minimum absolute atomic E-state index is 0.00412. The smallest absolute Gasteiger partial charge is 0.231 e. The van der Waals surface area contributed by atoms with Crippen LogP contribution in [-0.2, 0) is 16.1 Å². The third-order valence-electron chi connectivity index (χ3n) is 5.25. The normalized spacial score (nSPS) is 17.4. The van der Waals surface area contributed by atoms with Gasteiger partial charge in [-0.15, -0.1) is 0 Å². The molecule has 1 aliphatic carbocycles. The van der Waals surface area contributed by atoms with E-state index in [4.69, 9.17) is 0 Å². The Labute approximate surface area is 171 Å². The Morgan fingerprint density at radius 3 is 2.28 bits per heavy atom. The van der Waals surface area contributed by atoms with Crippen LogP contribution in [0.2, 0.25) is 0 Å². The maximum Gasteiger partial charge on any atom is 0.231 e. The fourth-order valence-corrected chi connectivity index (χ4v) is 3.59. The Morgan fingerprint density at radius 2 is 1.59 bits per heavy atom. The lowest BCUT2D eigenvalue weighted by atomic mass is 10.1. The van der Waals surface area contributed by atoms with Crippen molar-refractivity contribution in [3.8, 4) is 0 Å². The number of nitrogens with zero attached hydrogens (tertiary/aromatic N) is 1. The van der Waals surface area contributed by atoms with E-state index >= 15 is 0 Å². The molecular weight excluding hydrogens is 360 g/mol. The number of aryl methyl sites for hydroxylation is 1. The Balaban J connectivity index is 1.47. The van der Waals surface area contributed by atoms with Gasteiger partial charge >= 0.3 is 0 Å². The number of benzene rings is 3. The maximum atomic E-state index is 13.3. The molecule has 1 aliphatic rings. The molecule has 0 bridgehead atoms. The highest BCUT2D eigenvalue weighted by Crippen LogP contribution is 2.42. The first-order valence-electron chi connectivity index (χ1n) is 9.90. The van der Waals surface area contributed by atoms with E-state index in [9.17, 15) is 9.59 Å². The lowest BCUT2D eigenvalue weighted by Crippen LogP contribution is -2.33. The van der Waals surface area contributed by atoms with Gasteiger partial charge in [-0.05, 0) is 48.7 Å². The van der Waals surface area contributed by atoms with E-state index in [0.717, 1.165) is 22.5 Å². The highest BCUT2D eigenvalue weighted by molar-refractivity contribution is 6.04. The summed E-state index contributed by atoms with van der Waals surface area (Å²) in [7, 11) is 0. The van der Waals surface area contributed by atoms with Crippen molar-refractivity contribution in [2.75, 3.05) is 10.2 Å². The summed E-state index contributed by atoms with van der Waals surface area (Å²) >= 11 is 0. The number of carbonyl (C=O) groups excluding carboxylic acids is 2. The average molecular weight is 384 g/mol. The second kappa shape index (κ2) is 8.31. The number of rotatable bonds is 6. The molecular formula is C25H24N2O2. The molecule has 2 amide bonds. The van der Waals surface area contributed by atoms with Crippen molar-refractivity contribution in [2.24, 2.45) is 11.8 Å². The predicted molar refractivity (Wildman–Crippen MR) is 115 cm³/mol. The second-order valence-corrected chi connectivity index (χ2v) is 7.55. The average Bonchev–Trinajstić information content (AvgIpc) is 3.54. The van der Waals surface area contributed by atoms with Gasteiger partial charge in [-0.1, -0.05) is 60.7 Å². The molecule has 1 N–H and O–H groups in total. The first-order chi connectivity index (χ1) is 14.1. The third-order valence-corrected chi connectivity index (χ3v) is 5.25. The van der Waals surface area contributed by atoms with Crippen LogP contribution in [0.4, 0.5) is 11.4 Å². The molecule has 1 saturated carbocycles. The molecule has 2 unspecified atom stereocenters. The van der Waals surface area contributed by atoms with Crippen LogP contribution in [0.5, 0.6) is 0 Å². The maximum absolute atomic E-state index is 13.3. The molecule has 0 heterocycles.